The van der Waals surface area contributed by atoms with Crippen molar-refractivity contribution >= 4 is 11.6 Å². The fourth-order valence-corrected chi connectivity index (χ4v) is 3.36. The molecule has 1 amide bonds. The van der Waals surface area contributed by atoms with Gasteiger partial charge in [0.15, 0.2) is 11.5 Å². The number of hydrogen-bond acceptors (Lipinski definition) is 4. The van der Waals surface area contributed by atoms with Crippen LogP contribution in [0.15, 0.2) is 73.1 Å². The Kier molecular flexibility index (Phi) is 5.39. The highest BCUT2D eigenvalue weighted by Crippen LogP contribution is 2.30. The Labute approximate surface area is 175 Å². The van der Waals surface area contributed by atoms with Crippen LogP contribution < -0.4 is 14.8 Å². The summed E-state index contributed by atoms with van der Waals surface area (Å²) < 4.78 is 12.5. The number of aromatic nitrogens is 2. The SMILES string of the molecule is COc1ccc(C(C)NC(=O)c2ccn3cc(-c4ccccc4)nc3c2)cc1OC. The fraction of sp³-hybridized carbons (Fsp3) is 0.167. The minimum absolute atomic E-state index is 0.163. The highest BCUT2D eigenvalue weighted by Gasteiger charge is 2.15. The molecule has 0 fully saturated rings. The van der Waals surface area contributed by atoms with Crippen molar-refractivity contribution in [3.05, 3.63) is 84.2 Å². The molecule has 1 N–H and O–H groups in total. The van der Waals surface area contributed by atoms with E-state index in [-0.39, 0.29) is 11.9 Å². The molecule has 0 saturated heterocycles. The number of imidazole rings is 1. The smallest absolute Gasteiger partial charge is 0.251 e. The first kappa shape index (κ1) is 19.5. The molecule has 0 aliphatic rings. The van der Waals surface area contributed by atoms with Crippen LogP contribution in [0.25, 0.3) is 16.9 Å². The molecular formula is C24H23N3O3. The predicted octanol–water partition coefficient (Wildman–Crippen LogP) is 4.51. The summed E-state index contributed by atoms with van der Waals surface area (Å²) in [5.41, 5.74) is 4.11. The first-order valence-electron chi connectivity index (χ1n) is 9.66. The number of methoxy groups -OCH3 is 2. The number of rotatable bonds is 6. The van der Waals surface area contributed by atoms with Gasteiger partial charge < -0.3 is 19.2 Å². The largest absolute Gasteiger partial charge is 0.493 e. The molecule has 2 aromatic heterocycles. The molecule has 2 heterocycles. The molecule has 1 unspecified atom stereocenters. The van der Waals surface area contributed by atoms with Crippen molar-refractivity contribution in [2.24, 2.45) is 0 Å². The summed E-state index contributed by atoms with van der Waals surface area (Å²) in [5.74, 6) is 1.12. The molecule has 0 radical (unpaired) electrons. The maximum Gasteiger partial charge on any atom is 0.251 e. The van der Waals surface area contributed by atoms with Gasteiger partial charge in [0, 0.05) is 23.5 Å². The minimum Gasteiger partial charge on any atom is -0.493 e. The van der Waals surface area contributed by atoms with Gasteiger partial charge >= 0.3 is 0 Å². The van der Waals surface area contributed by atoms with E-state index in [1.165, 1.54) is 0 Å². The van der Waals surface area contributed by atoms with Gasteiger partial charge in [-0.25, -0.2) is 4.98 Å². The highest BCUT2D eigenvalue weighted by molar-refractivity contribution is 5.95. The third-order valence-electron chi connectivity index (χ3n) is 5.05. The molecule has 0 aliphatic carbocycles. The summed E-state index contributed by atoms with van der Waals surface area (Å²) in [7, 11) is 3.19. The van der Waals surface area contributed by atoms with Crippen LogP contribution in [0.2, 0.25) is 0 Å². The van der Waals surface area contributed by atoms with Gasteiger partial charge in [-0.3, -0.25) is 4.79 Å². The molecule has 1 atom stereocenters. The second-order valence-corrected chi connectivity index (χ2v) is 6.98. The summed E-state index contributed by atoms with van der Waals surface area (Å²) in [6, 6.07) is 19.0. The molecule has 30 heavy (non-hydrogen) atoms. The van der Waals surface area contributed by atoms with Crippen LogP contribution >= 0.6 is 0 Å². The van der Waals surface area contributed by atoms with E-state index in [4.69, 9.17) is 9.47 Å². The molecule has 152 valence electrons. The zero-order valence-corrected chi connectivity index (χ0v) is 17.1. The van der Waals surface area contributed by atoms with Gasteiger partial charge in [-0.05, 0) is 36.8 Å². The Morgan fingerprint density at radius 3 is 2.50 bits per heavy atom. The lowest BCUT2D eigenvalue weighted by molar-refractivity contribution is 0.0940. The van der Waals surface area contributed by atoms with E-state index in [1.807, 2.05) is 72.2 Å². The first-order valence-corrected chi connectivity index (χ1v) is 9.66. The number of ether oxygens (including phenoxy) is 2. The van der Waals surface area contributed by atoms with Gasteiger partial charge in [-0.15, -0.1) is 0 Å². The summed E-state index contributed by atoms with van der Waals surface area (Å²) in [5, 5.41) is 3.03. The third-order valence-corrected chi connectivity index (χ3v) is 5.05. The number of pyridine rings is 1. The highest BCUT2D eigenvalue weighted by atomic mass is 16.5. The Bertz CT molecular complexity index is 1190. The summed E-state index contributed by atoms with van der Waals surface area (Å²) in [4.78, 5) is 17.5. The number of nitrogens with zero attached hydrogens (tertiary/aromatic N) is 2. The molecule has 0 aliphatic heterocycles. The molecule has 0 spiro atoms. The second kappa shape index (κ2) is 8.29. The van der Waals surface area contributed by atoms with Gasteiger partial charge in [0.05, 0.1) is 26.0 Å². The number of fused-ring (bicyclic) bond motifs is 1. The van der Waals surface area contributed by atoms with Crippen molar-refractivity contribution in [2.75, 3.05) is 14.2 Å². The number of carbonyl (C=O) groups is 1. The first-order chi connectivity index (χ1) is 14.6. The monoisotopic (exact) mass is 401 g/mol. The number of benzene rings is 2. The topological polar surface area (TPSA) is 64.9 Å². The lowest BCUT2D eigenvalue weighted by atomic mass is 10.1. The summed E-state index contributed by atoms with van der Waals surface area (Å²) in [6.07, 6.45) is 3.81. The molecule has 2 aromatic carbocycles. The van der Waals surface area contributed by atoms with Gasteiger partial charge in [0.1, 0.15) is 5.65 Å². The molecule has 0 bridgehead atoms. The lowest BCUT2D eigenvalue weighted by Gasteiger charge is -2.16. The van der Waals surface area contributed by atoms with Gasteiger partial charge in [-0.2, -0.15) is 0 Å². The van der Waals surface area contributed by atoms with E-state index in [0.717, 1.165) is 22.5 Å². The average Bonchev–Trinajstić information content (AvgIpc) is 3.22. The van der Waals surface area contributed by atoms with Crippen molar-refractivity contribution in [1.29, 1.82) is 0 Å². The van der Waals surface area contributed by atoms with E-state index in [2.05, 4.69) is 10.3 Å². The van der Waals surface area contributed by atoms with Crippen molar-refractivity contribution in [1.82, 2.24) is 14.7 Å². The zero-order valence-electron chi connectivity index (χ0n) is 17.1. The Hall–Kier alpha value is -3.80. The molecule has 0 saturated carbocycles. The number of carbonyl (C=O) groups excluding carboxylic acids is 1. The lowest BCUT2D eigenvalue weighted by Crippen LogP contribution is -2.26. The van der Waals surface area contributed by atoms with Crippen LogP contribution in [0.4, 0.5) is 0 Å². The average molecular weight is 401 g/mol. The summed E-state index contributed by atoms with van der Waals surface area (Å²) >= 11 is 0. The Morgan fingerprint density at radius 2 is 1.77 bits per heavy atom. The van der Waals surface area contributed by atoms with Crippen LogP contribution in [0.5, 0.6) is 11.5 Å². The molecule has 4 rings (SSSR count). The van der Waals surface area contributed by atoms with Crippen molar-refractivity contribution in [3.8, 4) is 22.8 Å². The second-order valence-electron chi connectivity index (χ2n) is 6.98. The number of amides is 1. The molecule has 4 aromatic rings. The fourth-order valence-electron chi connectivity index (χ4n) is 3.36. The van der Waals surface area contributed by atoms with Gasteiger partial charge in [0.25, 0.3) is 5.91 Å². The van der Waals surface area contributed by atoms with Crippen molar-refractivity contribution < 1.29 is 14.3 Å². The van der Waals surface area contributed by atoms with Crippen LogP contribution in [0.1, 0.15) is 28.9 Å². The van der Waals surface area contributed by atoms with Gasteiger partial charge in [0.2, 0.25) is 0 Å². The van der Waals surface area contributed by atoms with E-state index < -0.39 is 0 Å². The van der Waals surface area contributed by atoms with E-state index >= 15 is 0 Å². The van der Waals surface area contributed by atoms with E-state index in [9.17, 15) is 4.79 Å². The maximum absolute atomic E-state index is 12.8. The van der Waals surface area contributed by atoms with E-state index in [0.29, 0.717) is 17.1 Å². The Morgan fingerprint density at radius 1 is 1.00 bits per heavy atom. The Balaban J connectivity index is 1.54. The number of nitrogens with one attached hydrogen (secondary N) is 1. The van der Waals surface area contributed by atoms with Crippen LogP contribution in [0, 0.1) is 0 Å². The van der Waals surface area contributed by atoms with Crippen LogP contribution in [0.3, 0.4) is 0 Å². The van der Waals surface area contributed by atoms with Crippen molar-refractivity contribution in [3.63, 3.8) is 0 Å². The maximum atomic E-state index is 12.8. The van der Waals surface area contributed by atoms with Crippen LogP contribution in [-0.4, -0.2) is 29.5 Å². The quantitative estimate of drug-likeness (QED) is 0.516. The molecule has 6 nitrogen and oxygen atoms in total. The van der Waals surface area contributed by atoms with E-state index in [1.54, 1.807) is 26.4 Å². The standard InChI is InChI=1S/C24H23N3O3/c1-16(18-9-10-21(29-2)22(13-18)30-3)25-24(28)19-11-12-27-15-20(26-23(27)14-19)17-7-5-4-6-8-17/h4-16H,1-3H3,(H,25,28). The number of hydrogen-bond donors (Lipinski definition) is 1. The van der Waals surface area contributed by atoms with Crippen LogP contribution in [-0.2, 0) is 0 Å². The van der Waals surface area contributed by atoms with Gasteiger partial charge in [-0.1, -0.05) is 36.4 Å². The third kappa shape index (κ3) is 3.85. The summed E-state index contributed by atoms with van der Waals surface area (Å²) in [6.45, 7) is 1.93. The molecule has 6 heteroatoms. The molecular weight excluding hydrogens is 378 g/mol. The van der Waals surface area contributed by atoms with Crippen molar-refractivity contribution in [2.45, 2.75) is 13.0 Å². The predicted molar refractivity (Wildman–Crippen MR) is 116 cm³/mol. The minimum atomic E-state index is -0.201. The zero-order chi connectivity index (χ0) is 21.1. The normalized spacial score (nSPS) is 11.8.